The molecule has 0 unspecified atom stereocenters. The van der Waals surface area contributed by atoms with Crippen LogP contribution < -0.4 is 5.32 Å². The van der Waals surface area contributed by atoms with Crippen LogP contribution in [-0.2, 0) is 6.42 Å². The molecule has 1 amide bonds. The monoisotopic (exact) mass is 326 g/mol. The summed E-state index contributed by atoms with van der Waals surface area (Å²) in [7, 11) is 0. The zero-order valence-corrected chi connectivity index (χ0v) is 13.4. The van der Waals surface area contributed by atoms with Crippen LogP contribution in [-0.4, -0.2) is 10.9 Å². The van der Waals surface area contributed by atoms with E-state index in [1.165, 1.54) is 35.1 Å². The van der Waals surface area contributed by atoms with Gasteiger partial charge in [0.2, 0.25) is 0 Å². The van der Waals surface area contributed by atoms with Gasteiger partial charge in [0.25, 0.3) is 5.91 Å². The number of halogens is 1. The largest absolute Gasteiger partial charge is 0.298 e. The van der Waals surface area contributed by atoms with Crippen LogP contribution in [0.5, 0.6) is 0 Å². The van der Waals surface area contributed by atoms with E-state index >= 15 is 0 Å². The lowest BCUT2D eigenvalue weighted by Gasteiger charge is -2.02. The van der Waals surface area contributed by atoms with Gasteiger partial charge in [-0.3, -0.25) is 10.1 Å². The van der Waals surface area contributed by atoms with Crippen LogP contribution >= 0.6 is 11.3 Å². The number of hydrogen-bond donors (Lipinski definition) is 1. The zero-order chi connectivity index (χ0) is 16.2. The van der Waals surface area contributed by atoms with Crippen molar-refractivity contribution in [3.05, 3.63) is 70.9 Å². The number of thiazole rings is 1. The average molecular weight is 326 g/mol. The van der Waals surface area contributed by atoms with Crippen LogP contribution in [0.25, 0.3) is 11.3 Å². The summed E-state index contributed by atoms with van der Waals surface area (Å²) in [4.78, 5) is 16.5. The number of anilines is 1. The first-order chi connectivity index (χ1) is 11.2. The van der Waals surface area contributed by atoms with E-state index < -0.39 is 5.82 Å². The molecule has 2 aromatic carbocycles. The van der Waals surface area contributed by atoms with Crippen molar-refractivity contribution in [3.63, 3.8) is 0 Å². The molecule has 0 saturated heterocycles. The number of benzene rings is 2. The number of carbonyl (C=O) groups excluding carboxylic acids is 1. The first kappa shape index (κ1) is 15.4. The van der Waals surface area contributed by atoms with E-state index in [9.17, 15) is 9.18 Å². The summed E-state index contributed by atoms with van der Waals surface area (Å²) >= 11 is 1.34. The molecule has 0 spiro atoms. The fraction of sp³-hybridized carbons (Fsp3) is 0.111. The highest BCUT2D eigenvalue weighted by Crippen LogP contribution is 2.25. The lowest BCUT2D eigenvalue weighted by Crippen LogP contribution is -2.11. The lowest BCUT2D eigenvalue weighted by atomic mass is 10.1. The highest BCUT2D eigenvalue weighted by molar-refractivity contribution is 7.14. The number of aromatic nitrogens is 1. The number of amides is 1. The normalized spacial score (nSPS) is 10.5. The number of nitrogens with zero attached hydrogens (tertiary/aromatic N) is 1. The van der Waals surface area contributed by atoms with Crippen molar-refractivity contribution >= 4 is 22.4 Å². The lowest BCUT2D eigenvalue weighted by molar-refractivity contribution is 0.102. The predicted octanol–water partition coefficient (Wildman–Crippen LogP) is 4.76. The van der Waals surface area contributed by atoms with Gasteiger partial charge in [0.1, 0.15) is 5.82 Å². The first-order valence-electron chi connectivity index (χ1n) is 7.27. The second-order valence-electron chi connectivity index (χ2n) is 5.05. The Kier molecular flexibility index (Phi) is 4.48. The Morgan fingerprint density at radius 2 is 2.00 bits per heavy atom. The molecular weight excluding hydrogens is 311 g/mol. The van der Waals surface area contributed by atoms with E-state index in [2.05, 4.69) is 29.4 Å². The topological polar surface area (TPSA) is 42.0 Å². The maximum Gasteiger partial charge on any atom is 0.257 e. The van der Waals surface area contributed by atoms with Crippen molar-refractivity contribution in [1.29, 1.82) is 0 Å². The molecule has 0 aliphatic heterocycles. The Bertz CT molecular complexity index is 827. The van der Waals surface area contributed by atoms with Gasteiger partial charge in [-0.2, -0.15) is 0 Å². The van der Waals surface area contributed by atoms with Crippen LogP contribution in [0.3, 0.4) is 0 Å². The molecule has 116 valence electrons. The molecular formula is C18H15FN2OS. The number of aryl methyl sites for hydroxylation is 1. The van der Waals surface area contributed by atoms with E-state index in [1.807, 2.05) is 17.5 Å². The van der Waals surface area contributed by atoms with Crippen molar-refractivity contribution in [2.24, 2.45) is 0 Å². The molecule has 0 saturated carbocycles. The van der Waals surface area contributed by atoms with Crippen molar-refractivity contribution in [2.45, 2.75) is 13.3 Å². The van der Waals surface area contributed by atoms with E-state index in [4.69, 9.17) is 0 Å². The van der Waals surface area contributed by atoms with Crippen LogP contribution in [0.2, 0.25) is 0 Å². The van der Waals surface area contributed by atoms with Gasteiger partial charge < -0.3 is 0 Å². The van der Waals surface area contributed by atoms with Crippen molar-refractivity contribution in [2.75, 3.05) is 5.32 Å². The minimum atomic E-state index is -0.437. The molecule has 1 N–H and O–H groups in total. The van der Waals surface area contributed by atoms with E-state index in [0.29, 0.717) is 5.13 Å². The van der Waals surface area contributed by atoms with Crippen molar-refractivity contribution < 1.29 is 9.18 Å². The maximum absolute atomic E-state index is 13.2. The third kappa shape index (κ3) is 3.63. The van der Waals surface area contributed by atoms with Gasteiger partial charge in [0.15, 0.2) is 5.13 Å². The van der Waals surface area contributed by atoms with Gasteiger partial charge in [0.05, 0.1) is 5.69 Å². The number of carbonyl (C=O) groups is 1. The van der Waals surface area contributed by atoms with Crippen molar-refractivity contribution in [3.8, 4) is 11.3 Å². The number of rotatable bonds is 4. The number of nitrogens with one attached hydrogen (secondary N) is 1. The Morgan fingerprint density at radius 1 is 1.22 bits per heavy atom. The second-order valence-corrected chi connectivity index (χ2v) is 5.91. The first-order valence-corrected chi connectivity index (χ1v) is 8.15. The van der Waals surface area contributed by atoms with E-state index in [0.717, 1.165) is 17.7 Å². The second kappa shape index (κ2) is 6.71. The Morgan fingerprint density at radius 3 is 2.70 bits per heavy atom. The summed E-state index contributed by atoms with van der Waals surface area (Å²) in [6.07, 6.45) is 0.992. The zero-order valence-electron chi connectivity index (χ0n) is 12.5. The number of hydrogen-bond acceptors (Lipinski definition) is 3. The molecule has 0 atom stereocenters. The average Bonchev–Trinajstić information content (AvgIpc) is 3.03. The molecule has 0 aliphatic carbocycles. The Labute approximate surface area is 137 Å². The maximum atomic E-state index is 13.2. The molecule has 0 fully saturated rings. The summed E-state index contributed by atoms with van der Waals surface area (Å²) in [6.45, 7) is 2.11. The molecule has 5 heteroatoms. The standard InChI is InChI=1S/C18H15FN2OS/c1-2-12-6-8-13(9-7-12)16-11-23-18(20-16)21-17(22)14-4-3-5-15(19)10-14/h3-11H,2H2,1H3,(H,20,21,22). The third-order valence-electron chi connectivity index (χ3n) is 3.47. The highest BCUT2D eigenvalue weighted by atomic mass is 32.1. The van der Waals surface area contributed by atoms with Crippen LogP contribution in [0.1, 0.15) is 22.8 Å². The molecule has 23 heavy (non-hydrogen) atoms. The van der Waals surface area contributed by atoms with Gasteiger partial charge in [0, 0.05) is 16.5 Å². The molecule has 3 aromatic rings. The van der Waals surface area contributed by atoms with Crippen LogP contribution in [0.15, 0.2) is 53.9 Å². The fourth-order valence-corrected chi connectivity index (χ4v) is 2.89. The summed E-state index contributed by atoms with van der Waals surface area (Å²) in [5, 5.41) is 5.09. The van der Waals surface area contributed by atoms with Gasteiger partial charge in [-0.1, -0.05) is 37.3 Å². The highest BCUT2D eigenvalue weighted by Gasteiger charge is 2.10. The smallest absolute Gasteiger partial charge is 0.257 e. The summed E-state index contributed by atoms with van der Waals surface area (Å²) in [6, 6.07) is 13.8. The molecule has 1 aromatic heterocycles. The van der Waals surface area contributed by atoms with Gasteiger partial charge >= 0.3 is 0 Å². The molecule has 0 radical (unpaired) electrons. The van der Waals surface area contributed by atoms with Gasteiger partial charge in [-0.05, 0) is 30.2 Å². The van der Waals surface area contributed by atoms with Crippen LogP contribution in [0, 0.1) is 5.82 Å². The quantitative estimate of drug-likeness (QED) is 0.751. The molecule has 0 bridgehead atoms. The van der Waals surface area contributed by atoms with E-state index in [1.54, 1.807) is 6.07 Å². The van der Waals surface area contributed by atoms with Gasteiger partial charge in [-0.25, -0.2) is 9.37 Å². The Hall–Kier alpha value is -2.53. The summed E-state index contributed by atoms with van der Waals surface area (Å²) < 4.78 is 13.2. The van der Waals surface area contributed by atoms with Crippen molar-refractivity contribution in [1.82, 2.24) is 4.98 Å². The third-order valence-corrected chi connectivity index (χ3v) is 4.23. The molecule has 3 nitrogen and oxygen atoms in total. The van der Waals surface area contributed by atoms with Gasteiger partial charge in [-0.15, -0.1) is 11.3 Å². The molecule has 1 heterocycles. The SMILES string of the molecule is CCc1ccc(-c2csc(NC(=O)c3cccc(F)c3)n2)cc1. The summed E-state index contributed by atoms with van der Waals surface area (Å²) in [5.41, 5.74) is 3.36. The predicted molar refractivity (Wildman–Crippen MR) is 91.3 cm³/mol. The molecule has 3 rings (SSSR count). The minimum Gasteiger partial charge on any atom is -0.298 e. The fourth-order valence-electron chi connectivity index (χ4n) is 2.17. The minimum absolute atomic E-state index is 0.272. The van der Waals surface area contributed by atoms with E-state index in [-0.39, 0.29) is 11.5 Å². The van der Waals surface area contributed by atoms with Crippen LogP contribution in [0.4, 0.5) is 9.52 Å². The summed E-state index contributed by atoms with van der Waals surface area (Å²) in [5.74, 6) is -0.805. The Balaban J connectivity index is 1.75. The molecule has 0 aliphatic rings.